The molecule has 0 fully saturated rings. The van der Waals surface area contributed by atoms with Gasteiger partial charge in [0.2, 0.25) is 5.88 Å². The third-order valence-corrected chi connectivity index (χ3v) is 3.48. The lowest BCUT2D eigenvalue weighted by molar-refractivity contribution is 0.426. The van der Waals surface area contributed by atoms with Crippen LogP contribution in [0.3, 0.4) is 0 Å². The van der Waals surface area contributed by atoms with Crippen LogP contribution in [0.2, 0.25) is 0 Å². The molecule has 0 saturated heterocycles. The fourth-order valence-electron chi connectivity index (χ4n) is 2.44. The zero-order chi connectivity index (χ0) is 14.5. The number of aryl methyl sites for hydroxylation is 2. The third kappa shape index (κ3) is 3.11. The van der Waals surface area contributed by atoms with Crippen LogP contribution in [0, 0.1) is 0 Å². The Labute approximate surface area is 123 Å². The van der Waals surface area contributed by atoms with Gasteiger partial charge in [-0.1, -0.05) is 35.5 Å². The van der Waals surface area contributed by atoms with Crippen LogP contribution < -0.4 is 5.73 Å². The van der Waals surface area contributed by atoms with Crippen molar-refractivity contribution >= 4 is 5.88 Å². The first-order chi connectivity index (χ1) is 10.3. The van der Waals surface area contributed by atoms with E-state index in [2.05, 4.69) is 34.4 Å². The first-order valence-electron chi connectivity index (χ1n) is 7.03. The molecule has 2 aromatic heterocycles. The SMILES string of the molecule is Nc1onc(CCCc2ccccc2)c1-c1ccncc1. The van der Waals surface area contributed by atoms with Crippen molar-refractivity contribution < 1.29 is 4.52 Å². The molecule has 0 atom stereocenters. The van der Waals surface area contributed by atoms with Gasteiger partial charge in [-0.05, 0) is 42.5 Å². The number of nitrogens with two attached hydrogens (primary N) is 1. The van der Waals surface area contributed by atoms with E-state index >= 15 is 0 Å². The largest absolute Gasteiger partial charge is 0.367 e. The Bertz CT molecular complexity index is 693. The summed E-state index contributed by atoms with van der Waals surface area (Å²) in [6.07, 6.45) is 6.36. The molecule has 1 aromatic carbocycles. The van der Waals surface area contributed by atoms with Crippen molar-refractivity contribution in [2.75, 3.05) is 5.73 Å². The molecule has 21 heavy (non-hydrogen) atoms. The Morgan fingerprint density at radius 1 is 0.952 bits per heavy atom. The molecule has 3 aromatic rings. The van der Waals surface area contributed by atoms with Crippen molar-refractivity contribution in [3.8, 4) is 11.1 Å². The normalized spacial score (nSPS) is 10.7. The lowest BCUT2D eigenvalue weighted by Gasteiger charge is -2.03. The quantitative estimate of drug-likeness (QED) is 0.776. The molecule has 2 heterocycles. The summed E-state index contributed by atoms with van der Waals surface area (Å²) in [4.78, 5) is 4.02. The minimum Gasteiger partial charge on any atom is -0.367 e. The van der Waals surface area contributed by atoms with Crippen LogP contribution >= 0.6 is 0 Å². The van der Waals surface area contributed by atoms with Crippen molar-refractivity contribution in [1.29, 1.82) is 0 Å². The van der Waals surface area contributed by atoms with Gasteiger partial charge in [-0.15, -0.1) is 0 Å². The highest BCUT2D eigenvalue weighted by molar-refractivity contribution is 5.74. The Kier molecular flexibility index (Phi) is 3.96. The van der Waals surface area contributed by atoms with Gasteiger partial charge in [0.05, 0.1) is 11.3 Å². The monoisotopic (exact) mass is 279 g/mol. The van der Waals surface area contributed by atoms with E-state index in [0.717, 1.165) is 36.1 Å². The molecule has 0 aliphatic carbocycles. The second-order valence-corrected chi connectivity index (χ2v) is 4.94. The van der Waals surface area contributed by atoms with Gasteiger partial charge in [0, 0.05) is 12.4 Å². The van der Waals surface area contributed by atoms with Crippen molar-refractivity contribution in [2.24, 2.45) is 0 Å². The summed E-state index contributed by atoms with van der Waals surface area (Å²) >= 11 is 0. The Balaban J connectivity index is 1.72. The van der Waals surface area contributed by atoms with Crippen LogP contribution in [-0.2, 0) is 12.8 Å². The van der Waals surface area contributed by atoms with E-state index in [4.69, 9.17) is 10.3 Å². The van der Waals surface area contributed by atoms with Crippen molar-refractivity contribution in [3.63, 3.8) is 0 Å². The molecule has 0 aliphatic heterocycles. The molecular weight excluding hydrogens is 262 g/mol. The summed E-state index contributed by atoms with van der Waals surface area (Å²) in [5, 5.41) is 4.10. The average Bonchev–Trinajstić information content (AvgIpc) is 2.90. The van der Waals surface area contributed by atoms with E-state index in [1.807, 2.05) is 18.2 Å². The van der Waals surface area contributed by atoms with E-state index in [-0.39, 0.29) is 0 Å². The molecule has 0 spiro atoms. The standard InChI is InChI=1S/C17H17N3O/c18-17-16(14-9-11-19-12-10-14)15(20-21-17)8-4-7-13-5-2-1-3-6-13/h1-3,5-6,9-12H,4,7-8,18H2. The van der Waals surface area contributed by atoms with Gasteiger partial charge in [-0.2, -0.15) is 0 Å². The van der Waals surface area contributed by atoms with Gasteiger partial charge in [0.25, 0.3) is 0 Å². The summed E-state index contributed by atoms with van der Waals surface area (Å²) < 4.78 is 5.16. The van der Waals surface area contributed by atoms with Gasteiger partial charge in [-0.3, -0.25) is 4.98 Å². The summed E-state index contributed by atoms with van der Waals surface area (Å²) in [5.74, 6) is 0.371. The highest BCUT2D eigenvalue weighted by Gasteiger charge is 2.15. The van der Waals surface area contributed by atoms with Gasteiger partial charge in [0.1, 0.15) is 0 Å². The zero-order valence-corrected chi connectivity index (χ0v) is 11.7. The Morgan fingerprint density at radius 3 is 2.48 bits per heavy atom. The van der Waals surface area contributed by atoms with Crippen LogP contribution in [0.1, 0.15) is 17.7 Å². The molecule has 0 bridgehead atoms. The van der Waals surface area contributed by atoms with Crippen molar-refractivity contribution in [1.82, 2.24) is 10.1 Å². The molecule has 0 aliphatic rings. The molecule has 106 valence electrons. The van der Waals surface area contributed by atoms with Gasteiger partial charge < -0.3 is 10.3 Å². The molecular formula is C17H17N3O. The van der Waals surface area contributed by atoms with E-state index in [1.54, 1.807) is 12.4 Å². The van der Waals surface area contributed by atoms with E-state index in [9.17, 15) is 0 Å². The molecule has 4 nitrogen and oxygen atoms in total. The topological polar surface area (TPSA) is 64.9 Å². The van der Waals surface area contributed by atoms with Gasteiger partial charge >= 0.3 is 0 Å². The highest BCUT2D eigenvalue weighted by Crippen LogP contribution is 2.30. The van der Waals surface area contributed by atoms with E-state index in [1.165, 1.54) is 5.56 Å². The van der Waals surface area contributed by atoms with E-state index < -0.39 is 0 Å². The van der Waals surface area contributed by atoms with Gasteiger partial charge in [-0.25, -0.2) is 0 Å². The van der Waals surface area contributed by atoms with Crippen molar-refractivity contribution in [2.45, 2.75) is 19.3 Å². The fourth-order valence-corrected chi connectivity index (χ4v) is 2.44. The number of hydrogen-bond donors (Lipinski definition) is 1. The molecule has 3 rings (SSSR count). The molecule has 0 amide bonds. The Morgan fingerprint density at radius 2 is 1.71 bits per heavy atom. The minimum absolute atomic E-state index is 0.371. The molecule has 2 N–H and O–H groups in total. The van der Waals surface area contributed by atoms with Crippen LogP contribution in [-0.4, -0.2) is 10.1 Å². The average molecular weight is 279 g/mol. The third-order valence-electron chi connectivity index (χ3n) is 3.48. The smallest absolute Gasteiger partial charge is 0.230 e. The first kappa shape index (κ1) is 13.4. The van der Waals surface area contributed by atoms with E-state index in [0.29, 0.717) is 5.88 Å². The minimum atomic E-state index is 0.371. The number of nitrogen functional groups attached to an aromatic ring is 1. The zero-order valence-electron chi connectivity index (χ0n) is 11.7. The predicted octanol–water partition coefficient (Wildman–Crippen LogP) is 3.49. The number of nitrogens with zero attached hydrogens (tertiary/aromatic N) is 2. The summed E-state index contributed by atoms with van der Waals surface area (Å²) in [6.45, 7) is 0. The summed E-state index contributed by atoms with van der Waals surface area (Å²) in [6, 6.07) is 14.3. The molecule has 0 saturated carbocycles. The lowest BCUT2D eigenvalue weighted by atomic mass is 10.0. The number of aromatic nitrogens is 2. The van der Waals surface area contributed by atoms with Crippen LogP contribution in [0.15, 0.2) is 59.4 Å². The maximum Gasteiger partial charge on any atom is 0.230 e. The Hall–Kier alpha value is -2.62. The number of anilines is 1. The second-order valence-electron chi connectivity index (χ2n) is 4.94. The first-order valence-corrected chi connectivity index (χ1v) is 7.03. The number of hydrogen-bond acceptors (Lipinski definition) is 4. The maximum atomic E-state index is 5.91. The fraction of sp³-hybridized carbons (Fsp3) is 0.176. The van der Waals surface area contributed by atoms with Crippen LogP contribution in [0.25, 0.3) is 11.1 Å². The van der Waals surface area contributed by atoms with Crippen molar-refractivity contribution in [3.05, 3.63) is 66.1 Å². The lowest BCUT2D eigenvalue weighted by Crippen LogP contribution is -1.94. The summed E-state index contributed by atoms with van der Waals surface area (Å²) in [5.41, 5.74) is 10.0. The number of benzene rings is 1. The molecule has 0 unspecified atom stereocenters. The maximum absolute atomic E-state index is 5.91. The summed E-state index contributed by atoms with van der Waals surface area (Å²) in [7, 11) is 0. The van der Waals surface area contributed by atoms with Crippen LogP contribution in [0.5, 0.6) is 0 Å². The molecule has 0 radical (unpaired) electrons. The van der Waals surface area contributed by atoms with Crippen LogP contribution in [0.4, 0.5) is 5.88 Å². The number of rotatable bonds is 5. The predicted molar refractivity (Wildman–Crippen MR) is 82.6 cm³/mol. The van der Waals surface area contributed by atoms with Gasteiger partial charge in [0.15, 0.2) is 0 Å². The second kappa shape index (κ2) is 6.22. The number of pyridine rings is 1. The highest BCUT2D eigenvalue weighted by atomic mass is 16.5. The molecule has 4 heteroatoms.